The lowest BCUT2D eigenvalue weighted by Crippen LogP contribution is -2.50. The predicted octanol–water partition coefficient (Wildman–Crippen LogP) is 1.41. The van der Waals surface area contributed by atoms with Crippen molar-refractivity contribution in [2.45, 2.75) is 31.9 Å². The highest BCUT2D eigenvalue weighted by Gasteiger charge is 2.47. The van der Waals surface area contributed by atoms with Crippen LogP contribution in [0.3, 0.4) is 0 Å². The lowest BCUT2D eigenvalue weighted by molar-refractivity contribution is 0.0973. The van der Waals surface area contributed by atoms with Gasteiger partial charge in [0, 0.05) is 24.5 Å². The summed E-state index contributed by atoms with van der Waals surface area (Å²) in [7, 11) is 0. The van der Waals surface area contributed by atoms with E-state index in [0.717, 1.165) is 32.5 Å². The minimum absolute atomic E-state index is 0.0973. The molecule has 23 heavy (non-hydrogen) atoms. The molecule has 2 N–H and O–H groups in total. The van der Waals surface area contributed by atoms with Crippen LogP contribution in [0.1, 0.15) is 19.8 Å². The molecule has 2 aromatic rings. The van der Waals surface area contributed by atoms with Crippen molar-refractivity contribution in [3.05, 3.63) is 17.5 Å². The average molecular weight is 335 g/mol. The topological polar surface area (TPSA) is 90.0 Å². The van der Waals surface area contributed by atoms with Gasteiger partial charge in [0.2, 0.25) is 5.95 Å². The summed E-state index contributed by atoms with van der Waals surface area (Å²) in [6, 6.07) is 0.107. The lowest BCUT2D eigenvalue weighted by atomic mass is 9.73. The van der Waals surface area contributed by atoms with Crippen molar-refractivity contribution < 1.29 is 4.74 Å². The average Bonchev–Trinajstić information content (AvgIpc) is 2.84. The standard InChI is InChI=1S/C15H19ClN6O/c1-9-12(17)15(8-23-9)2-4-22(5-3-15)14-19-6-10-13(21-14)18-7-11(16)20-10/h6-7,9,12H,2-5,8,17H2,1H3/t9-,12+/m0/s1. The summed E-state index contributed by atoms with van der Waals surface area (Å²) < 4.78 is 5.76. The Bertz CT molecular complexity index is 733. The van der Waals surface area contributed by atoms with Crippen LogP contribution in [0.15, 0.2) is 12.4 Å². The highest BCUT2D eigenvalue weighted by molar-refractivity contribution is 6.29. The number of hydrogen-bond acceptors (Lipinski definition) is 7. The summed E-state index contributed by atoms with van der Waals surface area (Å²) in [6.07, 6.45) is 5.30. The largest absolute Gasteiger partial charge is 0.376 e. The summed E-state index contributed by atoms with van der Waals surface area (Å²) in [5, 5.41) is 0.345. The Morgan fingerprint density at radius 2 is 2.04 bits per heavy atom. The molecule has 0 unspecified atom stereocenters. The second-order valence-electron chi connectivity index (χ2n) is 6.46. The number of nitrogens with zero attached hydrogens (tertiary/aromatic N) is 5. The first kappa shape index (κ1) is 15.0. The molecule has 4 rings (SSSR count). The first-order valence-electron chi connectivity index (χ1n) is 7.85. The number of hydrogen-bond donors (Lipinski definition) is 1. The minimum atomic E-state index is 0.0973. The number of anilines is 1. The Morgan fingerprint density at radius 3 is 2.74 bits per heavy atom. The van der Waals surface area contributed by atoms with Crippen molar-refractivity contribution in [1.29, 1.82) is 0 Å². The molecule has 2 aliphatic rings. The number of halogens is 1. The highest BCUT2D eigenvalue weighted by atomic mass is 35.5. The molecule has 8 heteroatoms. The zero-order chi connectivity index (χ0) is 16.0. The van der Waals surface area contributed by atoms with E-state index in [9.17, 15) is 0 Å². The first-order chi connectivity index (χ1) is 11.1. The number of rotatable bonds is 1. The smallest absolute Gasteiger partial charge is 0.227 e. The Balaban J connectivity index is 1.53. The summed E-state index contributed by atoms with van der Waals surface area (Å²) in [4.78, 5) is 19.5. The monoisotopic (exact) mass is 334 g/mol. The summed E-state index contributed by atoms with van der Waals surface area (Å²) >= 11 is 5.84. The van der Waals surface area contributed by atoms with Gasteiger partial charge in [-0.15, -0.1) is 0 Å². The van der Waals surface area contributed by atoms with E-state index in [2.05, 4.69) is 31.8 Å². The Hall–Kier alpha value is -1.57. The molecule has 0 bridgehead atoms. The van der Waals surface area contributed by atoms with Gasteiger partial charge in [-0.25, -0.2) is 15.0 Å². The maximum atomic E-state index is 6.36. The summed E-state index contributed by atoms with van der Waals surface area (Å²) in [6.45, 7) is 4.56. The van der Waals surface area contributed by atoms with Crippen LogP contribution in [0.2, 0.25) is 5.15 Å². The van der Waals surface area contributed by atoms with Crippen LogP contribution >= 0.6 is 11.6 Å². The molecule has 2 fully saturated rings. The Morgan fingerprint density at radius 1 is 1.26 bits per heavy atom. The molecule has 2 aromatic heterocycles. The molecule has 0 aromatic carbocycles. The van der Waals surface area contributed by atoms with Gasteiger partial charge >= 0.3 is 0 Å². The van der Waals surface area contributed by atoms with Crippen molar-refractivity contribution >= 4 is 28.7 Å². The van der Waals surface area contributed by atoms with Crippen molar-refractivity contribution in [1.82, 2.24) is 19.9 Å². The maximum absolute atomic E-state index is 6.36. The van der Waals surface area contributed by atoms with E-state index in [4.69, 9.17) is 22.1 Å². The van der Waals surface area contributed by atoms with Crippen LogP contribution in [-0.4, -0.2) is 51.8 Å². The van der Waals surface area contributed by atoms with E-state index in [1.807, 2.05) is 0 Å². The number of aromatic nitrogens is 4. The van der Waals surface area contributed by atoms with Crippen molar-refractivity contribution in [3.63, 3.8) is 0 Å². The number of piperidine rings is 1. The summed E-state index contributed by atoms with van der Waals surface area (Å²) in [5.41, 5.74) is 7.62. The minimum Gasteiger partial charge on any atom is -0.376 e. The van der Waals surface area contributed by atoms with Crippen LogP contribution < -0.4 is 10.6 Å². The second kappa shape index (κ2) is 5.51. The lowest BCUT2D eigenvalue weighted by Gasteiger charge is -2.41. The van der Waals surface area contributed by atoms with Crippen LogP contribution in [-0.2, 0) is 4.74 Å². The molecule has 2 atom stereocenters. The fraction of sp³-hybridized carbons (Fsp3) is 0.600. The van der Waals surface area contributed by atoms with Gasteiger partial charge in [0.1, 0.15) is 10.7 Å². The Labute approximate surface area is 139 Å². The molecule has 2 saturated heterocycles. The van der Waals surface area contributed by atoms with E-state index < -0.39 is 0 Å². The molecule has 122 valence electrons. The maximum Gasteiger partial charge on any atom is 0.227 e. The van der Waals surface area contributed by atoms with Gasteiger partial charge in [-0.05, 0) is 19.8 Å². The number of ether oxygens (including phenoxy) is 1. The van der Waals surface area contributed by atoms with Crippen LogP contribution in [0.25, 0.3) is 11.2 Å². The van der Waals surface area contributed by atoms with Gasteiger partial charge in [-0.1, -0.05) is 11.6 Å². The van der Waals surface area contributed by atoms with Crippen molar-refractivity contribution in [2.24, 2.45) is 11.1 Å². The van der Waals surface area contributed by atoms with Crippen LogP contribution in [0, 0.1) is 5.41 Å². The fourth-order valence-corrected chi connectivity index (χ4v) is 3.71. The van der Waals surface area contributed by atoms with Gasteiger partial charge < -0.3 is 15.4 Å². The second-order valence-corrected chi connectivity index (χ2v) is 6.85. The molecule has 0 aliphatic carbocycles. The molecular weight excluding hydrogens is 316 g/mol. The summed E-state index contributed by atoms with van der Waals surface area (Å²) in [5.74, 6) is 0.685. The van der Waals surface area contributed by atoms with E-state index in [1.165, 1.54) is 6.20 Å². The van der Waals surface area contributed by atoms with E-state index in [-0.39, 0.29) is 17.6 Å². The molecule has 2 aliphatic heterocycles. The first-order valence-corrected chi connectivity index (χ1v) is 8.23. The van der Waals surface area contributed by atoms with Gasteiger partial charge in [-0.2, -0.15) is 4.98 Å². The third-order valence-electron chi connectivity index (χ3n) is 5.15. The third-order valence-corrected chi connectivity index (χ3v) is 5.33. The quantitative estimate of drug-likeness (QED) is 0.843. The highest BCUT2D eigenvalue weighted by Crippen LogP contribution is 2.41. The van der Waals surface area contributed by atoms with Gasteiger partial charge in [-0.3, -0.25) is 0 Å². The van der Waals surface area contributed by atoms with Crippen LogP contribution in [0.4, 0.5) is 5.95 Å². The van der Waals surface area contributed by atoms with Gasteiger partial charge in [0.15, 0.2) is 5.65 Å². The zero-order valence-electron chi connectivity index (χ0n) is 12.9. The number of fused-ring (bicyclic) bond motifs is 1. The fourth-order valence-electron chi connectivity index (χ4n) is 3.57. The van der Waals surface area contributed by atoms with Gasteiger partial charge in [0.25, 0.3) is 0 Å². The third kappa shape index (κ3) is 2.52. The molecule has 4 heterocycles. The predicted molar refractivity (Wildman–Crippen MR) is 87.4 cm³/mol. The van der Waals surface area contributed by atoms with Crippen LogP contribution in [0.5, 0.6) is 0 Å². The number of nitrogens with two attached hydrogens (primary N) is 1. The molecule has 0 saturated carbocycles. The van der Waals surface area contributed by atoms with Gasteiger partial charge in [0.05, 0.1) is 25.1 Å². The molecule has 0 radical (unpaired) electrons. The van der Waals surface area contributed by atoms with E-state index in [0.29, 0.717) is 22.3 Å². The molecule has 0 amide bonds. The molecule has 7 nitrogen and oxygen atoms in total. The normalized spacial score (nSPS) is 27.0. The molecule has 1 spiro atoms. The molecular formula is C15H19ClN6O. The zero-order valence-corrected chi connectivity index (χ0v) is 13.7. The van der Waals surface area contributed by atoms with Crippen molar-refractivity contribution in [3.8, 4) is 0 Å². The van der Waals surface area contributed by atoms with E-state index in [1.54, 1.807) is 6.20 Å². The SMILES string of the molecule is C[C@@H]1OCC2(CCN(c3ncc4nc(Cl)cnc4n3)CC2)[C@@H]1N. The Kier molecular flexibility index (Phi) is 3.59. The van der Waals surface area contributed by atoms with Crippen molar-refractivity contribution in [2.75, 3.05) is 24.6 Å². The van der Waals surface area contributed by atoms with E-state index >= 15 is 0 Å².